The molecule has 1 amide bonds. The number of nitrogens with zero attached hydrogens (tertiary/aromatic N) is 3. The molecule has 2 aromatic rings. The van der Waals surface area contributed by atoms with Crippen LogP contribution in [0.5, 0.6) is 0 Å². The average Bonchev–Trinajstić information content (AvgIpc) is 2.80. The molecule has 0 radical (unpaired) electrons. The minimum Gasteiger partial charge on any atom is -0.371 e. The Kier molecular flexibility index (Phi) is 7.55. The van der Waals surface area contributed by atoms with E-state index in [1.807, 2.05) is 6.92 Å². The summed E-state index contributed by atoms with van der Waals surface area (Å²) in [6.45, 7) is 5.96. The smallest absolute Gasteiger partial charge is 0.258 e. The van der Waals surface area contributed by atoms with Gasteiger partial charge in [0.15, 0.2) is 0 Å². The van der Waals surface area contributed by atoms with E-state index in [1.165, 1.54) is 6.42 Å². The van der Waals surface area contributed by atoms with Crippen LogP contribution in [0, 0.1) is 12.8 Å². The van der Waals surface area contributed by atoms with Crippen molar-refractivity contribution in [3.05, 3.63) is 35.5 Å². The molecule has 9 nitrogen and oxygen atoms in total. The summed E-state index contributed by atoms with van der Waals surface area (Å²) in [6, 6.07) is 6.86. The second-order valence-corrected chi connectivity index (χ2v) is 11.2. The van der Waals surface area contributed by atoms with Gasteiger partial charge in [0.25, 0.3) is 5.91 Å². The summed E-state index contributed by atoms with van der Waals surface area (Å²) in [6.07, 6.45) is 6.70. The van der Waals surface area contributed by atoms with Crippen molar-refractivity contribution in [1.82, 2.24) is 9.97 Å². The maximum atomic E-state index is 13.4. The fourth-order valence-corrected chi connectivity index (χ4v) is 5.28. The van der Waals surface area contributed by atoms with Crippen molar-refractivity contribution in [3.8, 4) is 0 Å². The maximum Gasteiger partial charge on any atom is 0.258 e. The normalized spacial score (nSPS) is 19.5. The van der Waals surface area contributed by atoms with Crippen LogP contribution in [0.2, 0.25) is 0 Å². The number of hydrogen-bond donors (Lipinski definition) is 3. The molecule has 3 heterocycles. The predicted octanol–water partition coefficient (Wildman–Crippen LogP) is 4.00. The Balaban J connectivity index is 1.72. The highest BCUT2D eigenvalue weighted by Crippen LogP contribution is 2.32. The van der Waals surface area contributed by atoms with Crippen molar-refractivity contribution in [2.45, 2.75) is 52.4 Å². The third-order valence-corrected chi connectivity index (χ3v) is 7.73. The molecule has 3 N–H and O–H groups in total. The highest BCUT2D eigenvalue weighted by molar-refractivity contribution is 7.92. The molecule has 0 saturated carbocycles. The van der Waals surface area contributed by atoms with Crippen molar-refractivity contribution in [2.75, 3.05) is 45.6 Å². The van der Waals surface area contributed by atoms with Gasteiger partial charge in [-0.15, -0.1) is 0 Å². The van der Waals surface area contributed by atoms with E-state index in [-0.39, 0.29) is 11.7 Å². The lowest BCUT2D eigenvalue weighted by Gasteiger charge is -2.36. The summed E-state index contributed by atoms with van der Waals surface area (Å²) in [4.78, 5) is 24.5. The summed E-state index contributed by atoms with van der Waals surface area (Å²) in [5.74, 6) is 1.20. The van der Waals surface area contributed by atoms with Crippen molar-refractivity contribution < 1.29 is 13.2 Å². The number of fused-ring (bicyclic) bond motifs is 6. The van der Waals surface area contributed by atoms with Crippen molar-refractivity contribution in [1.29, 1.82) is 0 Å². The van der Waals surface area contributed by atoms with E-state index in [2.05, 4.69) is 30.2 Å². The van der Waals surface area contributed by atoms with E-state index in [4.69, 9.17) is 0 Å². The van der Waals surface area contributed by atoms with Crippen LogP contribution in [0.3, 0.4) is 0 Å². The van der Waals surface area contributed by atoms with Gasteiger partial charge in [0.1, 0.15) is 5.82 Å². The minimum atomic E-state index is -3.42. The van der Waals surface area contributed by atoms with Gasteiger partial charge < -0.3 is 15.5 Å². The van der Waals surface area contributed by atoms with Gasteiger partial charge >= 0.3 is 0 Å². The van der Waals surface area contributed by atoms with Gasteiger partial charge in [0.05, 0.1) is 22.7 Å². The number of carbonyl (C=O) groups excluding carboxylic acids is 1. The van der Waals surface area contributed by atoms with Crippen LogP contribution in [-0.2, 0) is 10.0 Å². The lowest BCUT2D eigenvalue weighted by Crippen LogP contribution is -2.36. The number of anilines is 4. The number of amides is 1. The summed E-state index contributed by atoms with van der Waals surface area (Å²) >= 11 is 0. The van der Waals surface area contributed by atoms with Crippen LogP contribution in [0.15, 0.2) is 24.3 Å². The van der Waals surface area contributed by atoms with Crippen LogP contribution in [-0.4, -0.2) is 49.7 Å². The zero-order chi connectivity index (χ0) is 24.1. The zero-order valence-corrected chi connectivity index (χ0v) is 20.7. The maximum absolute atomic E-state index is 13.4. The number of aromatic nitrogens is 2. The van der Waals surface area contributed by atoms with Gasteiger partial charge in [-0.05, 0) is 63.6 Å². The lowest BCUT2D eigenvalue weighted by molar-refractivity contribution is 0.102. The number of piperidine rings is 1. The number of nitrogens with one attached hydrogen (secondary N) is 3. The van der Waals surface area contributed by atoms with E-state index in [0.29, 0.717) is 28.9 Å². The SMILES string of the molecule is CCS(=O)(=O)Nc1ccc2c(c1)N1CCC[C@H](CCCCCNc3nc(C)cc(n3)NC2=O)C1. The predicted molar refractivity (Wildman–Crippen MR) is 136 cm³/mol. The van der Waals surface area contributed by atoms with Crippen LogP contribution in [0.4, 0.5) is 23.1 Å². The van der Waals surface area contributed by atoms with E-state index in [1.54, 1.807) is 31.2 Å². The Morgan fingerprint density at radius 1 is 1.12 bits per heavy atom. The Morgan fingerprint density at radius 2 is 1.94 bits per heavy atom. The Bertz CT molecular complexity index is 1140. The fourth-order valence-electron chi connectivity index (χ4n) is 4.65. The van der Waals surface area contributed by atoms with E-state index >= 15 is 0 Å². The van der Waals surface area contributed by atoms with E-state index < -0.39 is 10.0 Å². The number of rotatable bonds is 3. The number of carbonyl (C=O) groups is 1. The van der Waals surface area contributed by atoms with Gasteiger partial charge in [0, 0.05) is 31.4 Å². The molecule has 34 heavy (non-hydrogen) atoms. The molecule has 4 bridgehead atoms. The van der Waals surface area contributed by atoms with Gasteiger partial charge in [-0.2, -0.15) is 4.98 Å². The number of hydrogen-bond acceptors (Lipinski definition) is 7. The third kappa shape index (κ3) is 6.16. The standard InChI is InChI=1S/C24H34N6O3S/c1-3-34(32,33)29-19-10-11-20-21(15-19)30-13-7-9-18(16-30)8-5-4-6-12-25-24-26-17(2)14-22(28-24)27-23(20)31/h10-11,14-15,18,29H,3-9,12-13,16H2,1-2H3,(H2,25,26,27,28,31)/t18-/m0/s1. The van der Waals surface area contributed by atoms with Gasteiger partial charge in [-0.3, -0.25) is 9.52 Å². The van der Waals surface area contributed by atoms with E-state index in [0.717, 1.165) is 63.1 Å². The van der Waals surface area contributed by atoms with Crippen LogP contribution < -0.4 is 20.3 Å². The van der Waals surface area contributed by atoms with Crippen molar-refractivity contribution in [3.63, 3.8) is 0 Å². The summed E-state index contributed by atoms with van der Waals surface area (Å²) < 4.78 is 26.9. The second kappa shape index (κ2) is 10.6. The Morgan fingerprint density at radius 3 is 2.76 bits per heavy atom. The fraction of sp³-hybridized carbons (Fsp3) is 0.542. The highest BCUT2D eigenvalue weighted by atomic mass is 32.2. The number of sulfonamides is 1. The first-order valence-electron chi connectivity index (χ1n) is 12.1. The largest absolute Gasteiger partial charge is 0.371 e. The first-order chi connectivity index (χ1) is 16.3. The van der Waals surface area contributed by atoms with Gasteiger partial charge in [0.2, 0.25) is 16.0 Å². The van der Waals surface area contributed by atoms with Crippen LogP contribution in [0.25, 0.3) is 0 Å². The molecule has 1 atom stereocenters. The number of aryl methyl sites for hydroxylation is 1. The number of benzene rings is 1. The Labute approximate surface area is 201 Å². The third-order valence-electron chi connectivity index (χ3n) is 6.42. The molecule has 10 heteroatoms. The average molecular weight is 487 g/mol. The van der Waals surface area contributed by atoms with E-state index in [9.17, 15) is 13.2 Å². The summed E-state index contributed by atoms with van der Waals surface area (Å²) in [7, 11) is -3.42. The van der Waals surface area contributed by atoms with Crippen LogP contribution >= 0.6 is 0 Å². The van der Waals surface area contributed by atoms with Gasteiger partial charge in [-0.1, -0.05) is 12.8 Å². The molecular weight excluding hydrogens is 452 g/mol. The van der Waals surface area contributed by atoms with Gasteiger partial charge in [-0.25, -0.2) is 13.4 Å². The quantitative estimate of drug-likeness (QED) is 0.600. The molecule has 1 saturated heterocycles. The molecule has 1 aromatic heterocycles. The van der Waals surface area contributed by atoms with Crippen molar-refractivity contribution >= 4 is 39.1 Å². The molecule has 2 aliphatic rings. The molecule has 1 fully saturated rings. The molecule has 4 rings (SSSR count). The summed E-state index contributed by atoms with van der Waals surface area (Å²) in [5, 5.41) is 6.19. The lowest BCUT2D eigenvalue weighted by atomic mass is 9.91. The molecule has 184 valence electrons. The van der Waals surface area contributed by atoms with Crippen LogP contribution in [0.1, 0.15) is 61.5 Å². The Hall–Kier alpha value is -2.88. The minimum absolute atomic E-state index is 0.0141. The summed E-state index contributed by atoms with van der Waals surface area (Å²) in [5.41, 5.74) is 2.47. The topological polar surface area (TPSA) is 116 Å². The first-order valence-corrected chi connectivity index (χ1v) is 13.8. The molecule has 1 aromatic carbocycles. The molecule has 2 aliphatic heterocycles. The molecule has 0 spiro atoms. The molecule has 0 unspecified atom stereocenters. The highest BCUT2D eigenvalue weighted by Gasteiger charge is 2.25. The second-order valence-electron chi connectivity index (χ2n) is 9.14. The molecular formula is C24H34N6O3S. The monoisotopic (exact) mass is 486 g/mol. The zero-order valence-electron chi connectivity index (χ0n) is 19.9. The molecule has 0 aliphatic carbocycles. The van der Waals surface area contributed by atoms with Crippen molar-refractivity contribution in [2.24, 2.45) is 5.92 Å². The first kappa shape index (κ1) is 24.3.